The van der Waals surface area contributed by atoms with Crippen molar-refractivity contribution < 1.29 is 9.18 Å². The molecule has 1 saturated heterocycles. The van der Waals surface area contributed by atoms with E-state index in [-0.39, 0.29) is 17.6 Å². The highest BCUT2D eigenvalue weighted by Gasteiger charge is 2.27. The predicted octanol–water partition coefficient (Wildman–Crippen LogP) is 3.53. The van der Waals surface area contributed by atoms with Crippen LogP contribution in [0.1, 0.15) is 24.0 Å². The highest BCUT2D eigenvalue weighted by Crippen LogP contribution is 2.28. The zero-order valence-corrected chi connectivity index (χ0v) is 16.5. The van der Waals surface area contributed by atoms with Gasteiger partial charge in [-0.05, 0) is 55.5 Å². The van der Waals surface area contributed by atoms with E-state index in [1.54, 1.807) is 6.07 Å². The van der Waals surface area contributed by atoms with Gasteiger partial charge in [0.15, 0.2) is 0 Å². The van der Waals surface area contributed by atoms with E-state index in [2.05, 4.69) is 34.5 Å². The van der Waals surface area contributed by atoms with Crippen molar-refractivity contribution in [1.29, 1.82) is 0 Å². The maximum absolute atomic E-state index is 14.3. The van der Waals surface area contributed by atoms with E-state index >= 15 is 0 Å². The number of aryl methyl sites for hydroxylation is 1. The Morgan fingerprint density at radius 1 is 1.18 bits per heavy atom. The Kier molecular flexibility index (Phi) is 5.51. The zero-order chi connectivity index (χ0) is 19.5. The van der Waals surface area contributed by atoms with Crippen LogP contribution in [0.5, 0.6) is 0 Å². The maximum atomic E-state index is 14.3. The normalized spacial score (nSPS) is 18.9. The van der Waals surface area contributed by atoms with Gasteiger partial charge in [-0.3, -0.25) is 4.79 Å². The molecule has 2 aromatic rings. The molecule has 1 unspecified atom stereocenters. The van der Waals surface area contributed by atoms with E-state index < -0.39 is 0 Å². The number of fused-ring (bicyclic) bond motifs is 1. The van der Waals surface area contributed by atoms with Crippen molar-refractivity contribution in [2.45, 2.75) is 26.2 Å². The highest BCUT2D eigenvalue weighted by atomic mass is 19.1. The summed E-state index contributed by atoms with van der Waals surface area (Å²) >= 11 is 0. The lowest BCUT2D eigenvalue weighted by molar-refractivity contribution is -0.125. The second-order valence-electron chi connectivity index (χ2n) is 7.90. The van der Waals surface area contributed by atoms with E-state index in [0.29, 0.717) is 18.8 Å². The summed E-state index contributed by atoms with van der Waals surface area (Å²) in [6, 6.07) is 13.8. The lowest BCUT2D eigenvalue weighted by Gasteiger charge is -2.34. The molecule has 0 aliphatic carbocycles. The molecule has 2 aliphatic heterocycles. The van der Waals surface area contributed by atoms with Crippen LogP contribution < -0.4 is 15.1 Å². The monoisotopic (exact) mass is 381 g/mol. The van der Waals surface area contributed by atoms with Crippen LogP contribution in [0.2, 0.25) is 0 Å². The smallest absolute Gasteiger partial charge is 0.224 e. The van der Waals surface area contributed by atoms with Crippen molar-refractivity contribution in [3.05, 3.63) is 59.4 Å². The van der Waals surface area contributed by atoms with Crippen molar-refractivity contribution in [2.75, 3.05) is 42.5 Å². The summed E-state index contributed by atoms with van der Waals surface area (Å²) in [6.07, 6.45) is 2.84. The molecule has 28 heavy (non-hydrogen) atoms. The number of para-hydroxylation sites is 1. The predicted molar refractivity (Wildman–Crippen MR) is 111 cm³/mol. The largest absolute Gasteiger partial charge is 0.369 e. The number of benzene rings is 2. The third-order valence-corrected chi connectivity index (χ3v) is 5.90. The van der Waals surface area contributed by atoms with Crippen LogP contribution in [0.25, 0.3) is 0 Å². The van der Waals surface area contributed by atoms with Crippen molar-refractivity contribution in [3.63, 3.8) is 0 Å². The summed E-state index contributed by atoms with van der Waals surface area (Å²) in [5.74, 6) is -0.196. The van der Waals surface area contributed by atoms with Gasteiger partial charge in [-0.25, -0.2) is 4.39 Å². The molecule has 1 fully saturated rings. The molecular weight excluding hydrogens is 353 g/mol. The highest BCUT2D eigenvalue weighted by molar-refractivity contribution is 5.79. The summed E-state index contributed by atoms with van der Waals surface area (Å²) in [5.41, 5.74) is 4.19. The van der Waals surface area contributed by atoms with Crippen LogP contribution in [0.15, 0.2) is 42.5 Å². The van der Waals surface area contributed by atoms with E-state index in [1.807, 2.05) is 24.0 Å². The molecular formula is C23H28FN3O. The van der Waals surface area contributed by atoms with E-state index in [1.165, 1.54) is 11.3 Å². The Morgan fingerprint density at radius 2 is 2.04 bits per heavy atom. The average molecular weight is 381 g/mol. The number of hydrogen-bond acceptors (Lipinski definition) is 3. The first-order chi connectivity index (χ1) is 13.6. The van der Waals surface area contributed by atoms with E-state index in [0.717, 1.165) is 44.5 Å². The molecule has 0 radical (unpaired) electrons. The molecule has 2 aliphatic rings. The summed E-state index contributed by atoms with van der Waals surface area (Å²) in [7, 11) is 0. The number of carbonyl (C=O) groups is 1. The zero-order valence-electron chi connectivity index (χ0n) is 16.5. The molecule has 148 valence electrons. The quantitative estimate of drug-likeness (QED) is 0.861. The second-order valence-corrected chi connectivity index (χ2v) is 7.90. The fraction of sp³-hybridized carbons (Fsp3) is 0.435. The van der Waals surface area contributed by atoms with Crippen LogP contribution in [-0.2, 0) is 11.2 Å². The first-order valence-corrected chi connectivity index (χ1v) is 10.2. The third kappa shape index (κ3) is 3.98. The van der Waals surface area contributed by atoms with Crippen molar-refractivity contribution in [3.8, 4) is 0 Å². The molecule has 1 amide bonds. The lowest BCUT2D eigenvalue weighted by Crippen LogP contribution is -2.45. The number of piperidine rings is 1. The lowest BCUT2D eigenvalue weighted by atomic mass is 9.96. The fourth-order valence-electron chi connectivity index (χ4n) is 4.38. The molecule has 2 aromatic carbocycles. The van der Waals surface area contributed by atoms with Crippen molar-refractivity contribution in [1.82, 2.24) is 5.32 Å². The van der Waals surface area contributed by atoms with Crippen LogP contribution in [0.3, 0.4) is 0 Å². The van der Waals surface area contributed by atoms with Gasteiger partial charge in [-0.15, -0.1) is 0 Å². The van der Waals surface area contributed by atoms with Crippen LogP contribution in [-0.4, -0.2) is 38.6 Å². The van der Waals surface area contributed by atoms with Gasteiger partial charge in [0, 0.05) is 38.4 Å². The Morgan fingerprint density at radius 3 is 2.89 bits per heavy atom. The Bertz CT molecular complexity index is 853. The summed E-state index contributed by atoms with van der Waals surface area (Å²) < 4.78 is 14.3. The molecule has 1 atom stereocenters. The number of rotatable bonds is 5. The molecule has 0 saturated carbocycles. The van der Waals surface area contributed by atoms with Gasteiger partial charge >= 0.3 is 0 Å². The maximum Gasteiger partial charge on any atom is 0.224 e. The van der Waals surface area contributed by atoms with Crippen LogP contribution in [0.4, 0.5) is 15.8 Å². The number of amides is 1. The summed E-state index contributed by atoms with van der Waals surface area (Å²) in [6.45, 7) is 5.75. The van der Waals surface area contributed by atoms with Crippen LogP contribution in [0, 0.1) is 18.7 Å². The standard InChI is InChI=1S/C23H28FN3O/c1-17-8-9-22(20(24)15-17)27-12-4-6-19(16-27)23(28)25-11-14-26-13-10-18-5-2-3-7-21(18)26/h2-3,5,7-9,15,19H,4,6,10-14,16H2,1H3,(H,25,28). The minimum absolute atomic E-state index is 0.0830. The third-order valence-electron chi connectivity index (χ3n) is 5.90. The van der Waals surface area contributed by atoms with E-state index in [4.69, 9.17) is 0 Å². The van der Waals surface area contributed by atoms with E-state index in [9.17, 15) is 9.18 Å². The Hall–Kier alpha value is -2.56. The molecule has 0 aromatic heterocycles. The van der Waals surface area contributed by atoms with Gasteiger partial charge < -0.3 is 15.1 Å². The second kappa shape index (κ2) is 8.21. The minimum atomic E-state index is -0.200. The van der Waals surface area contributed by atoms with Crippen LogP contribution >= 0.6 is 0 Å². The van der Waals surface area contributed by atoms with Gasteiger partial charge in [0.05, 0.1) is 11.6 Å². The summed E-state index contributed by atoms with van der Waals surface area (Å²) in [4.78, 5) is 17.0. The molecule has 0 spiro atoms. The molecule has 1 N–H and O–H groups in total. The number of hydrogen-bond donors (Lipinski definition) is 1. The molecule has 4 rings (SSSR count). The SMILES string of the molecule is Cc1ccc(N2CCCC(C(=O)NCCN3CCc4ccccc43)C2)c(F)c1. The molecule has 4 nitrogen and oxygen atoms in total. The number of nitrogens with one attached hydrogen (secondary N) is 1. The van der Waals surface area contributed by atoms with Gasteiger partial charge in [0.2, 0.25) is 5.91 Å². The molecule has 0 bridgehead atoms. The van der Waals surface area contributed by atoms with Gasteiger partial charge in [0.1, 0.15) is 5.82 Å². The van der Waals surface area contributed by atoms with Gasteiger partial charge in [-0.1, -0.05) is 24.3 Å². The minimum Gasteiger partial charge on any atom is -0.369 e. The molecule has 5 heteroatoms. The average Bonchev–Trinajstić information content (AvgIpc) is 3.11. The van der Waals surface area contributed by atoms with Crippen molar-refractivity contribution >= 4 is 17.3 Å². The number of halogens is 1. The van der Waals surface area contributed by atoms with Crippen molar-refractivity contribution in [2.24, 2.45) is 5.92 Å². The Labute approximate surface area is 166 Å². The molecule has 2 heterocycles. The number of nitrogens with zero attached hydrogens (tertiary/aromatic N) is 2. The first-order valence-electron chi connectivity index (χ1n) is 10.2. The van der Waals surface area contributed by atoms with Gasteiger partial charge in [0.25, 0.3) is 0 Å². The van der Waals surface area contributed by atoms with Gasteiger partial charge in [-0.2, -0.15) is 0 Å². The topological polar surface area (TPSA) is 35.6 Å². The first kappa shape index (κ1) is 18.8. The number of carbonyl (C=O) groups excluding carboxylic acids is 1. The Balaban J connectivity index is 1.30. The summed E-state index contributed by atoms with van der Waals surface area (Å²) in [5, 5.41) is 3.10. The fourth-order valence-corrected chi connectivity index (χ4v) is 4.38. The number of anilines is 2.